The van der Waals surface area contributed by atoms with Gasteiger partial charge in [-0.1, -0.05) is 0 Å². The third-order valence-electron chi connectivity index (χ3n) is 0.633. The Morgan fingerprint density at radius 3 is 2.11 bits per heavy atom. The largest absolute Gasteiger partial charge is 0.351 e. The molecule has 1 atom stereocenters. The lowest BCUT2D eigenvalue weighted by Crippen LogP contribution is -2.16. The maximum atomic E-state index is 11.9. The van der Waals surface area contributed by atoms with E-state index >= 15 is 0 Å². The highest BCUT2D eigenvalue weighted by atomic mass is 32.2. The fraction of sp³-hybridized carbons (Fsp3) is 1.00. The van der Waals surface area contributed by atoms with Crippen molar-refractivity contribution in [1.29, 1.82) is 0 Å². The molecule has 0 aromatic heterocycles. The van der Waals surface area contributed by atoms with E-state index < -0.39 is 22.7 Å². The zero-order valence-electron chi connectivity index (χ0n) is 3.85. The van der Waals surface area contributed by atoms with Gasteiger partial charge in [0.1, 0.15) is 0 Å². The molecule has 1 rings (SSSR count). The monoisotopic (exact) mass is 179 g/mol. The summed E-state index contributed by atoms with van der Waals surface area (Å²) in [5, 5.41) is -3.61. The standard InChI is InChI=1S/C2HF4NS2/c3-1-2(4,5)9-7(6)8-1/h1H. The van der Waals surface area contributed by atoms with Gasteiger partial charge in [-0.2, -0.15) is 8.78 Å². The fourth-order valence-electron chi connectivity index (χ4n) is 0.293. The number of hydrogen-bond acceptors (Lipinski definition) is 3. The van der Waals surface area contributed by atoms with Gasteiger partial charge >= 0.3 is 5.25 Å². The van der Waals surface area contributed by atoms with Crippen molar-refractivity contribution in [1.82, 2.24) is 3.93 Å². The maximum absolute atomic E-state index is 11.9. The van der Waals surface area contributed by atoms with Crippen molar-refractivity contribution in [3.05, 3.63) is 0 Å². The Labute approximate surface area is 57.0 Å². The molecule has 0 aromatic carbocycles. The average Bonchev–Trinajstić information content (AvgIpc) is 1.79. The minimum Gasteiger partial charge on any atom is -0.226 e. The fourth-order valence-corrected chi connectivity index (χ4v) is 1.79. The van der Waals surface area contributed by atoms with Crippen LogP contribution in [0.15, 0.2) is 0 Å². The minimum atomic E-state index is -3.61. The SMILES string of the molecule is FC1SN(F)SC1(F)F. The molecule has 1 aliphatic rings. The predicted octanol–water partition coefficient (Wildman–Crippen LogP) is 2.37. The van der Waals surface area contributed by atoms with Crippen molar-refractivity contribution in [2.45, 2.75) is 10.8 Å². The van der Waals surface area contributed by atoms with E-state index in [0.29, 0.717) is 0 Å². The minimum absolute atomic E-state index is 0.160. The molecule has 1 unspecified atom stereocenters. The third kappa shape index (κ3) is 1.44. The van der Waals surface area contributed by atoms with E-state index in [2.05, 4.69) is 0 Å². The van der Waals surface area contributed by atoms with Gasteiger partial charge in [0.25, 0.3) is 0 Å². The van der Waals surface area contributed by atoms with Crippen molar-refractivity contribution in [2.75, 3.05) is 0 Å². The van der Waals surface area contributed by atoms with Crippen molar-refractivity contribution in [3.63, 3.8) is 0 Å². The van der Waals surface area contributed by atoms with E-state index in [0.717, 1.165) is 0 Å². The lowest BCUT2D eigenvalue weighted by molar-refractivity contribution is 0.0594. The van der Waals surface area contributed by atoms with Gasteiger partial charge in [-0.05, 0) is 3.93 Å². The van der Waals surface area contributed by atoms with Crippen LogP contribution in [0.2, 0.25) is 0 Å². The molecule has 1 nitrogen and oxygen atoms in total. The molecule has 0 aromatic rings. The molecule has 9 heavy (non-hydrogen) atoms. The summed E-state index contributed by atoms with van der Waals surface area (Å²) in [7, 11) is 0. The Morgan fingerprint density at radius 2 is 2.00 bits per heavy atom. The van der Waals surface area contributed by atoms with E-state index in [4.69, 9.17) is 0 Å². The highest BCUT2D eigenvalue weighted by Crippen LogP contribution is 2.52. The second-order valence-electron chi connectivity index (χ2n) is 1.29. The van der Waals surface area contributed by atoms with Crippen molar-refractivity contribution >= 4 is 23.9 Å². The van der Waals surface area contributed by atoms with Crippen LogP contribution in [0.4, 0.5) is 17.7 Å². The Bertz CT molecular complexity index is 119. The molecule has 0 aliphatic carbocycles. The molecule has 1 saturated heterocycles. The molecule has 7 heteroatoms. The molecular weight excluding hydrogens is 178 g/mol. The molecule has 0 radical (unpaired) electrons. The smallest absolute Gasteiger partial charge is 0.226 e. The van der Waals surface area contributed by atoms with Crippen LogP contribution in [-0.2, 0) is 0 Å². The van der Waals surface area contributed by atoms with Crippen molar-refractivity contribution < 1.29 is 17.7 Å². The molecule has 0 saturated carbocycles. The normalized spacial score (nSPS) is 35.3. The van der Waals surface area contributed by atoms with E-state index in [1.54, 1.807) is 0 Å². The first-order valence-electron chi connectivity index (χ1n) is 1.86. The quantitative estimate of drug-likeness (QED) is 0.319. The van der Waals surface area contributed by atoms with Crippen molar-refractivity contribution in [3.8, 4) is 0 Å². The second kappa shape index (κ2) is 2.21. The summed E-state index contributed by atoms with van der Waals surface area (Å²) < 4.78 is 46.9. The van der Waals surface area contributed by atoms with Crippen LogP contribution in [-0.4, -0.2) is 14.7 Å². The summed E-state index contributed by atoms with van der Waals surface area (Å²) in [5.41, 5.74) is -2.47. The lowest BCUT2D eigenvalue weighted by atomic mass is 10.8. The van der Waals surface area contributed by atoms with Crippen LogP contribution in [0, 0.1) is 0 Å². The van der Waals surface area contributed by atoms with Gasteiger partial charge in [0.2, 0.25) is 5.50 Å². The predicted molar refractivity (Wildman–Crippen MR) is 28.0 cm³/mol. The topological polar surface area (TPSA) is 3.24 Å². The maximum Gasteiger partial charge on any atom is 0.351 e. The number of hydrogen-bond donors (Lipinski definition) is 0. The Morgan fingerprint density at radius 1 is 1.44 bits per heavy atom. The summed E-state index contributed by atoms with van der Waals surface area (Å²) in [6.45, 7) is 0. The highest BCUT2D eigenvalue weighted by molar-refractivity contribution is 8.15. The second-order valence-corrected chi connectivity index (χ2v) is 3.51. The van der Waals surface area contributed by atoms with E-state index in [1.165, 1.54) is 0 Å². The van der Waals surface area contributed by atoms with Gasteiger partial charge in [-0.15, -0.1) is 4.48 Å². The van der Waals surface area contributed by atoms with Crippen LogP contribution < -0.4 is 0 Å². The number of alkyl halides is 3. The molecule has 0 amide bonds. The first kappa shape index (κ1) is 7.49. The molecule has 1 fully saturated rings. The molecule has 0 N–H and O–H groups in total. The van der Waals surface area contributed by atoms with E-state index in [1.807, 2.05) is 0 Å². The number of halogens is 4. The van der Waals surface area contributed by atoms with E-state index in [9.17, 15) is 17.7 Å². The summed E-state index contributed by atoms with van der Waals surface area (Å²) in [6.07, 6.45) is 0. The van der Waals surface area contributed by atoms with Crippen LogP contribution in [0.3, 0.4) is 0 Å². The first-order chi connectivity index (χ1) is 4.02. The van der Waals surface area contributed by atoms with Crippen molar-refractivity contribution in [2.24, 2.45) is 0 Å². The molecule has 1 heterocycles. The van der Waals surface area contributed by atoms with Crippen LogP contribution in [0.5, 0.6) is 0 Å². The summed E-state index contributed by atoms with van der Waals surface area (Å²) >= 11 is -0.608. The number of nitrogens with zero attached hydrogens (tertiary/aromatic N) is 1. The summed E-state index contributed by atoms with van der Waals surface area (Å²) in [4.78, 5) is 0. The van der Waals surface area contributed by atoms with Gasteiger partial charge in [0.05, 0.1) is 0 Å². The Kier molecular flexibility index (Phi) is 1.84. The van der Waals surface area contributed by atoms with Crippen LogP contribution >= 0.6 is 23.9 Å². The van der Waals surface area contributed by atoms with Crippen LogP contribution in [0.25, 0.3) is 0 Å². The number of rotatable bonds is 0. The van der Waals surface area contributed by atoms with Gasteiger partial charge in [-0.25, -0.2) is 4.39 Å². The third-order valence-corrected chi connectivity index (χ3v) is 2.50. The Hall–Kier alpha value is 0.380. The first-order valence-corrected chi connectivity index (χ1v) is 3.47. The zero-order valence-corrected chi connectivity index (χ0v) is 5.49. The van der Waals surface area contributed by atoms with Gasteiger partial charge < -0.3 is 0 Å². The summed E-state index contributed by atoms with van der Waals surface area (Å²) in [6, 6.07) is 0. The molecule has 0 bridgehead atoms. The Balaban J connectivity index is 2.58. The highest BCUT2D eigenvalue weighted by Gasteiger charge is 2.52. The van der Waals surface area contributed by atoms with E-state index in [-0.39, 0.29) is 15.9 Å². The zero-order chi connectivity index (χ0) is 7.07. The lowest BCUT2D eigenvalue weighted by Gasteiger charge is -2.04. The molecule has 1 aliphatic heterocycles. The molecule has 54 valence electrons. The van der Waals surface area contributed by atoms with Gasteiger partial charge in [-0.3, -0.25) is 0 Å². The summed E-state index contributed by atoms with van der Waals surface area (Å²) in [5.74, 6) is 0. The van der Waals surface area contributed by atoms with Gasteiger partial charge in [0, 0.05) is 23.9 Å². The van der Waals surface area contributed by atoms with Crippen LogP contribution in [0.1, 0.15) is 0 Å². The molecule has 0 spiro atoms. The van der Waals surface area contributed by atoms with Gasteiger partial charge in [0.15, 0.2) is 0 Å². The molecular formula is C2HF4NS2. The average molecular weight is 179 g/mol.